The summed E-state index contributed by atoms with van der Waals surface area (Å²) in [5.74, 6) is -0.271. The fraction of sp³-hybridized carbons (Fsp3) is 0.400. The van der Waals surface area contributed by atoms with Crippen LogP contribution in [0.15, 0.2) is 29.2 Å². The van der Waals surface area contributed by atoms with E-state index in [1.165, 1.54) is 12.1 Å². The number of rotatable bonds is 4. The van der Waals surface area contributed by atoms with E-state index in [9.17, 15) is 12.8 Å². The highest BCUT2D eigenvalue weighted by Gasteiger charge is 2.42. The van der Waals surface area contributed by atoms with Gasteiger partial charge >= 0.3 is 0 Å². The Kier molecular flexibility index (Phi) is 3.57. The average molecular weight is 323 g/mol. The number of benzene rings is 1. The van der Waals surface area contributed by atoms with Crippen LogP contribution in [0.3, 0.4) is 0 Å². The van der Waals surface area contributed by atoms with Crippen LogP contribution < -0.4 is 4.72 Å². The summed E-state index contributed by atoms with van der Waals surface area (Å²) in [5.41, 5.74) is 1.91. The quantitative estimate of drug-likeness (QED) is 0.936. The van der Waals surface area contributed by atoms with Gasteiger partial charge in [0, 0.05) is 19.0 Å². The van der Waals surface area contributed by atoms with Gasteiger partial charge in [-0.2, -0.15) is 5.10 Å². The second-order valence-electron chi connectivity index (χ2n) is 5.75. The molecule has 5 nitrogen and oxygen atoms in total. The molecule has 0 aliphatic heterocycles. The number of hydrogen-bond acceptors (Lipinski definition) is 3. The van der Waals surface area contributed by atoms with Crippen LogP contribution in [-0.4, -0.2) is 24.2 Å². The van der Waals surface area contributed by atoms with Crippen LogP contribution in [0.4, 0.5) is 4.39 Å². The molecule has 3 rings (SSSR count). The van der Waals surface area contributed by atoms with E-state index in [0.717, 1.165) is 5.56 Å². The summed E-state index contributed by atoms with van der Waals surface area (Å²) in [4.78, 5) is 0.236. The summed E-state index contributed by atoms with van der Waals surface area (Å²) in [6.07, 6.45) is 0.682. The summed E-state index contributed by atoms with van der Waals surface area (Å²) in [6.45, 7) is 3.41. The Bertz CT molecular complexity index is 829. The molecule has 2 atom stereocenters. The Morgan fingerprint density at radius 3 is 2.68 bits per heavy atom. The minimum Gasteiger partial charge on any atom is -0.271 e. The Morgan fingerprint density at radius 1 is 1.36 bits per heavy atom. The maximum atomic E-state index is 13.2. The number of halogens is 1. The van der Waals surface area contributed by atoms with Crippen molar-refractivity contribution in [1.82, 2.24) is 14.5 Å². The molecule has 0 saturated heterocycles. The molecule has 0 unspecified atom stereocenters. The first-order valence-corrected chi connectivity index (χ1v) is 8.56. The highest BCUT2D eigenvalue weighted by atomic mass is 32.2. The van der Waals surface area contributed by atoms with Crippen molar-refractivity contribution in [2.45, 2.75) is 37.1 Å². The van der Waals surface area contributed by atoms with Gasteiger partial charge in [-0.25, -0.2) is 17.5 Å². The van der Waals surface area contributed by atoms with Gasteiger partial charge in [0.1, 0.15) is 10.7 Å². The molecule has 1 aromatic carbocycles. The van der Waals surface area contributed by atoms with Gasteiger partial charge in [0.2, 0.25) is 10.0 Å². The lowest BCUT2D eigenvalue weighted by molar-refractivity contribution is 0.578. The second kappa shape index (κ2) is 5.17. The van der Waals surface area contributed by atoms with Crippen LogP contribution in [0.5, 0.6) is 0 Å². The lowest BCUT2D eigenvalue weighted by Gasteiger charge is -2.07. The minimum absolute atomic E-state index is 0.0303. The molecule has 0 radical (unpaired) electrons. The van der Waals surface area contributed by atoms with Crippen LogP contribution in [0, 0.1) is 19.7 Å². The summed E-state index contributed by atoms with van der Waals surface area (Å²) in [7, 11) is -1.90. The Balaban J connectivity index is 1.80. The molecular formula is C15H18FN3O2S. The third-order valence-corrected chi connectivity index (χ3v) is 5.83. The van der Waals surface area contributed by atoms with Crippen molar-refractivity contribution in [2.24, 2.45) is 7.05 Å². The predicted octanol–water partition coefficient (Wildman–Crippen LogP) is 2.01. The zero-order valence-electron chi connectivity index (χ0n) is 12.7. The number of aryl methyl sites for hydroxylation is 2. The van der Waals surface area contributed by atoms with E-state index >= 15 is 0 Å². The molecule has 1 aliphatic carbocycles. The third-order valence-electron chi connectivity index (χ3n) is 4.09. The smallest absolute Gasteiger partial charge is 0.244 e. The largest absolute Gasteiger partial charge is 0.271 e. The van der Waals surface area contributed by atoms with Crippen molar-refractivity contribution in [2.75, 3.05) is 0 Å². The van der Waals surface area contributed by atoms with E-state index in [0.29, 0.717) is 17.8 Å². The summed E-state index contributed by atoms with van der Waals surface area (Å²) >= 11 is 0. The maximum Gasteiger partial charge on any atom is 0.244 e. The zero-order valence-corrected chi connectivity index (χ0v) is 13.5. The van der Waals surface area contributed by atoms with E-state index in [-0.39, 0.29) is 22.7 Å². The van der Waals surface area contributed by atoms with Gasteiger partial charge in [0.05, 0.1) is 11.4 Å². The summed E-state index contributed by atoms with van der Waals surface area (Å²) in [5, 5.41) is 4.14. The van der Waals surface area contributed by atoms with Crippen LogP contribution in [0.25, 0.3) is 0 Å². The Hall–Kier alpha value is -1.73. The molecule has 1 saturated carbocycles. The van der Waals surface area contributed by atoms with Gasteiger partial charge in [-0.15, -0.1) is 0 Å². The number of aromatic nitrogens is 2. The molecule has 2 aromatic rings. The van der Waals surface area contributed by atoms with Crippen molar-refractivity contribution < 1.29 is 12.8 Å². The van der Waals surface area contributed by atoms with E-state index < -0.39 is 10.0 Å². The normalized spacial score (nSPS) is 21.1. The Labute approximate surface area is 129 Å². The molecule has 1 aromatic heterocycles. The maximum absolute atomic E-state index is 13.2. The first-order valence-electron chi connectivity index (χ1n) is 7.07. The fourth-order valence-corrected chi connectivity index (χ4v) is 4.56. The summed E-state index contributed by atoms with van der Waals surface area (Å²) in [6, 6.07) is 6.12. The van der Waals surface area contributed by atoms with Crippen molar-refractivity contribution in [3.63, 3.8) is 0 Å². The van der Waals surface area contributed by atoms with E-state index in [1.807, 2.05) is 6.07 Å². The van der Waals surface area contributed by atoms with Gasteiger partial charge in [-0.3, -0.25) is 4.68 Å². The molecule has 22 heavy (non-hydrogen) atoms. The highest BCUT2D eigenvalue weighted by Crippen LogP contribution is 2.42. The third kappa shape index (κ3) is 2.66. The highest BCUT2D eigenvalue weighted by molar-refractivity contribution is 7.89. The van der Waals surface area contributed by atoms with E-state index in [4.69, 9.17) is 0 Å². The van der Waals surface area contributed by atoms with Crippen molar-refractivity contribution >= 4 is 10.0 Å². The second-order valence-corrected chi connectivity index (χ2v) is 7.40. The molecule has 0 bridgehead atoms. The van der Waals surface area contributed by atoms with E-state index in [1.54, 1.807) is 31.6 Å². The molecule has 118 valence electrons. The van der Waals surface area contributed by atoms with Crippen molar-refractivity contribution in [3.8, 4) is 0 Å². The van der Waals surface area contributed by atoms with Gasteiger partial charge in [0.15, 0.2) is 0 Å². The molecule has 0 amide bonds. The van der Waals surface area contributed by atoms with Gasteiger partial charge in [-0.05, 0) is 38.0 Å². The molecule has 1 fully saturated rings. The van der Waals surface area contributed by atoms with Crippen molar-refractivity contribution in [3.05, 3.63) is 47.0 Å². The van der Waals surface area contributed by atoms with E-state index in [2.05, 4.69) is 9.82 Å². The van der Waals surface area contributed by atoms with Crippen LogP contribution in [0.2, 0.25) is 0 Å². The average Bonchev–Trinajstić information content (AvgIpc) is 3.10. The van der Waals surface area contributed by atoms with Gasteiger partial charge < -0.3 is 0 Å². The lowest BCUT2D eigenvalue weighted by atomic mass is 10.1. The Morgan fingerprint density at radius 2 is 2.09 bits per heavy atom. The van der Waals surface area contributed by atoms with Gasteiger partial charge in [-0.1, -0.05) is 12.1 Å². The SMILES string of the molecule is Cc1nn(C)c(C)c1S(=O)(=O)N[C@H]1C[C@H]1c1cccc(F)c1. The van der Waals surface area contributed by atoms with Crippen molar-refractivity contribution in [1.29, 1.82) is 0 Å². The van der Waals surface area contributed by atoms with Gasteiger partial charge in [0.25, 0.3) is 0 Å². The first kappa shape index (κ1) is 15.2. The number of nitrogens with one attached hydrogen (secondary N) is 1. The minimum atomic E-state index is -3.62. The standard InChI is InChI=1S/C15H18FN3O2S/c1-9-15(10(2)19(3)17-9)22(20,21)18-14-8-13(14)11-5-4-6-12(16)7-11/h4-7,13-14,18H,8H2,1-3H3/t13-,14-/m0/s1. The molecule has 1 heterocycles. The molecule has 7 heteroatoms. The molecule has 0 spiro atoms. The number of hydrogen-bond donors (Lipinski definition) is 1. The fourth-order valence-electron chi connectivity index (χ4n) is 2.83. The van der Waals surface area contributed by atoms with Crippen LogP contribution in [0.1, 0.15) is 29.3 Å². The molecule has 1 aliphatic rings. The van der Waals surface area contributed by atoms with Crippen LogP contribution in [-0.2, 0) is 17.1 Å². The lowest BCUT2D eigenvalue weighted by Crippen LogP contribution is -2.27. The summed E-state index contributed by atoms with van der Waals surface area (Å²) < 4.78 is 42.6. The predicted molar refractivity (Wildman–Crippen MR) is 80.5 cm³/mol. The monoisotopic (exact) mass is 323 g/mol. The number of sulfonamides is 1. The number of nitrogens with zero attached hydrogens (tertiary/aromatic N) is 2. The topological polar surface area (TPSA) is 64.0 Å². The first-order chi connectivity index (χ1) is 10.3. The molecule has 1 N–H and O–H groups in total. The molecular weight excluding hydrogens is 305 g/mol. The zero-order chi connectivity index (χ0) is 16.1. The van der Waals surface area contributed by atoms with Crippen LogP contribution >= 0.6 is 0 Å².